The first-order valence-corrected chi connectivity index (χ1v) is 21.4. The summed E-state index contributed by atoms with van der Waals surface area (Å²) in [4.78, 5) is 9.29. The molecule has 0 amide bonds. The Morgan fingerprint density at radius 2 is 1.29 bits per heavy atom. The van der Waals surface area contributed by atoms with Crippen LogP contribution in [0.3, 0.4) is 0 Å². The van der Waals surface area contributed by atoms with Gasteiger partial charge in [0.25, 0.3) is 0 Å². The fourth-order valence-corrected chi connectivity index (χ4v) is 8.59. The van der Waals surface area contributed by atoms with Crippen LogP contribution >= 0.6 is 0 Å². The van der Waals surface area contributed by atoms with Crippen LogP contribution in [0.4, 0.5) is 22.7 Å². The third-order valence-corrected chi connectivity index (χ3v) is 11.9. The molecule has 0 radical (unpaired) electrons. The largest absolute Gasteiger partial charge is 0.509 e. The predicted molar refractivity (Wildman–Crippen MR) is 264 cm³/mol. The Balaban J connectivity index is 0.00000567. The third-order valence-electron chi connectivity index (χ3n) is 11.9. The van der Waals surface area contributed by atoms with Crippen LogP contribution in [-0.2, 0) is 26.5 Å². The number of nitrogens with zero attached hydrogens (tertiary/aromatic N) is 4. The molecular formula is C59H45N4OPt-3. The van der Waals surface area contributed by atoms with Crippen LogP contribution in [0.15, 0.2) is 194 Å². The topological polar surface area (TPSA) is 33.5 Å². The fraction of sp³-hybridized carbons (Fsp3) is 0.0847. The zero-order valence-corrected chi connectivity index (χ0v) is 38.5. The summed E-state index contributed by atoms with van der Waals surface area (Å²) in [7, 11) is 0. The second kappa shape index (κ2) is 17.1. The van der Waals surface area contributed by atoms with Crippen molar-refractivity contribution in [1.82, 2.24) is 9.55 Å². The van der Waals surface area contributed by atoms with E-state index in [-0.39, 0.29) is 56.2 Å². The summed E-state index contributed by atoms with van der Waals surface area (Å²) in [5.41, 5.74) is 12.5. The van der Waals surface area contributed by atoms with Crippen molar-refractivity contribution in [2.24, 2.45) is 0 Å². The smallest absolute Gasteiger partial charge is 0.135 e. The van der Waals surface area contributed by atoms with Gasteiger partial charge >= 0.3 is 0 Å². The average molecular weight is 1030 g/mol. The van der Waals surface area contributed by atoms with Crippen molar-refractivity contribution >= 4 is 44.6 Å². The number of pyridine rings is 1. The maximum absolute atomic E-state index is 8.65. The molecule has 0 bridgehead atoms. The minimum absolute atomic E-state index is 0. The molecule has 65 heavy (non-hydrogen) atoms. The number of benzene rings is 8. The van der Waals surface area contributed by atoms with Gasteiger partial charge in [0, 0.05) is 66.9 Å². The van der Waals surface area contributed by atoms with Crippen LogP contribution in [-0.4, -0.2) is 9.55 Å². The Kier molecular flexibility index (Phi) is 9.50. The molecule has 0 saturated heterocycles. The van der Waals surface area contributed by atoms with E-state index >= 15 is 0 Å². The van der Waals surface area contributed by atoms with Crippen molar-refractivity contribution in [2.75, 3.05) is 9.80 Å². The molecule has 0 aliphatic carbocycles. The number of ether oxygens (including phenoxy) is 1. The van der Waals surface area contributed by atoms with E-state index < -0.39 is 6.04 Å². The standard InChI is InChI=1S/C59H45N4O.Pt/c1-40-31-58(60-38-53(40)43-21-12-7-13-22-43)63-54-30-27-44(41-17-8-5-9-18-41)34-52(54)51-29-28-50(37-57(51)63)64-49-24-16-23-47(36-49)61-39-62(56-26-15-14-25-55(56)61)48-33-45(42-19-10-6-11-20-42)32-46(35-48)59(2,3)4;/h5-35,38-39H,1-4H3;/q-3;/i7D,12D,13D,21D,22D;. The Hall–Kier alpha value is -7.20. The maximum atomic E-state index is 8.65. The van der Waals surface area contributed by atoms with Crippen LogP contribution in [0.1, 0.15) is 38.8 Å². The summed E-state index contributed by atoms with van der Waals surface area (Å²) in [5.74, 6) is 1.57. The first kappa shape index (κ1) is 36.2. The van der Waals surface area contributed by atoms with Gasteiger partial charge in [0.1, 0.15) is 5.82 Å². The molecule has 5 nitrogen and oxygen atoms in total. The van der Waals surface area contributed by atoms with Gasteiger partial charge in [0.05, 0.1) is 6.85 Å². The summed E-state index contributed by atoms with van der Waals surface area (Å²) in [6.45, 7) is 10.7. The Bertz CT molecular complexity index is 3620. The van der Waals surface area contributed by atoms with Gasteiger partial charge in [0.15, 0.2) is 0 Å². The third kappa shape index (κ3) is 7.91. The minimum atomic E-state index is -0.434. The second-order valence-electron chi connectivity index (χ2n) is 17.1. The molecule has 0 N–H and O–H groups in total. The number of anilines is 4. The molecule has 2 aromatic heterocycles. The molecule has 1 aliphatic rings. The number of aryl methyl sites for hydroxylation is 1. The number of fused-ring (bicyclic) bond motifs is 4. The SMILES string of the molecule is [2H]c1c([2H])c([2H])c(-c2cnc(-n3c4[c-]c(Oc5[c-]c(N6[CH-]N(c7cc(-c8ccccc8)cc(C(C)(C)C)c7)c7ccccc76)ccc5)ccc4c4cc(-c5ccccc5)ccc43)cc2C)c([2H])c1[2H].[Pt]. The van der Waals surface area contributed by atoms with E-state index in [1.807, 2.05) is 72.2 Å². The van der Waals surface area contributed by atoms with Gasteiger partial charge in [-0.25, -0.2) is 4.98 Å². The zero-order valence-electron chi connectivity index (χ0n) is 41.2. The van der Waals surface area contributed by atoms with E-state index in [1.54, 1.807) is 6.20 Å². The predicted octanol–water partition coefficient (Wildman–Crippen LogP) is 15.6. The summed E-state index contributed by atoms with van der Waals surface area (Å²) < 4.78 is 50.7. The molecule has 0 unspecified atom stereocenters. The van der Waals surface area contributed by atoms with E-state index in [1.165, 1.54) is 5.56 Å². The summed E-state index contributed by atoms with van der Waals surface area (Å²) in [6.07, 6.45) is 1.59. The van der Waals surface area contributed by atoms with Gasteiger partial charge in [-0.1, -0.05) is 147 Å². The molecule has 0 spiro atoms. The first-order chi connectivity index (χ1) is 33.3. The molecule has 3 heterocycles. The summed E-state index contributed by atoms with van der Waals surface area (Å²) in [5, 5.41) is 1.94. The molecule has 1 aliphatic heterocycles. The molecule has 0 atom stereocenters. The molecule has 11 rings (SSSR count). The van der Waals surface area contributed by atoms with Gasteiger partial charge in [-0.15, -0.1) is 48.1 Å². The zero-order chi connectivity index (χ0) is 47.7. The normalized spacial score (nSPS) is 13.4. The molecule has 320 valence electrons. The van der Waals surface area contributed by atoms with Gasteiger partial charge in [0.2, 0.25) is 0 Å². The van der Waals surface area contributed by atoms with Crippen molar-refractivity contribution in [3.8, 4) is 50.7 Å². The van der Waals surface area contributed by atoms with Gasteiger partial charge in [-0.2, -0.15) is 12.1 Å². The van der Waals surface area contributed by atoms with E-state index in [9.17, 15) is 0 Å². The average Bonchev–Trinajstić information content (AvgIpc) is 3.92. The van der Waals surface area contributed by atoms with Crippen LogP contribution in [0.5, 0.6) is 11.5 Å². The monoisotopic (exact) mass is 1030 g/mol. The Labute approximate surface area is 402 Å². The van der Waals surface area contributed by atoms with Crippen molar-refractivity contribution in [2.45, 2.75) is 33.1 Å². The number of rotatable bonds is 8. The Morgan fingerprint density at radius 3 is 2.02 bits per heavy atom. The molecule has 10 aromatic rings. The number of hydrogen-bond donors (Lipinski definition) is 0. The van der Waals surface area contributed by atoms with E-state index in [0.29, 0.717) is 28.4 Å². The summed E-state index contributed by atoms with van der Waals surface area (Å²) in [6, 6.07) is 59.5. The number of aromatic nitrogens is 2. The van der Waals surface area contributed by atoms with Crippen LogP contribution < -0.4 is 14.5 Å². The van der Waals surface area contributed by atoms with Gasteiger partial charge < -0.3 is 19.1 Å². The van der Waals surface area contributed by atoms with Crippen LogP contribution in [0, 0.1) is 25.7 Å². The van der Waals surface area contributed by atoms with Crippen molar-refractivity contribution in [3.63, 3.8) is 0 Å². The molecule has 8 aromatic carbocycles. The first-order valence-electron chi connectivity index (χ1n) is 23.9. The summed E-state index contributed by atoms with van der Waals surface area (Å²) >= 11 is 0. The second-order valence-corrected chi connectivity index (χ2v) is 17.1. The maximum Gasteiger partial charge on any atom is 0.135 e. The number of hydrogen-bond acceptors (Lipinski definition) is 4. The van der Waals surface area contributed by atoms with E-state index in [2.05, 4.69) is 146 Å². The van der Waals surface area contributed by atoms with E-state index in [0.717, 1.165) is 66.8 Å². The number of para-hydroxylation sites is 2. The molecule has 6 heteroatoms. The molecular weight excluding hydrogens is 976 g/mol. The fourth-order valence-electron chi connectivity index (χ4n) is 8.59. The minimum Gasteiger partial charge on any atom is -0.509 e. The quantitative estimate of drug-likeness (QED) is 0.142. The molecule has 0 fully saturated rings. The van der Waals surface area contributed by atoms with Crippen molar-refractivity contribution < 1.29 is 32.7 Å². The van der Waals surface area contributed by atoms with Crippen molar-refractivity contribution in [3.05, 3.63) is 224 Å². The van der Waals surface area contributed by atoms with Crippen LogP contribution in [0.25, 0.3) is 61.0 Å². The van der Waals surface area contributed by atoms with Crippen molar-refractivity contribution in [1.29, 1.82) is 0 Å². The van der Waals surface area contributed by atoms with E-state index in [4.69, 9.17) is 16.6 Å². The molecule has 0 saturated carbocycles. The van der Waals surface area contributed by atoms with Gasteiger partial charge in [-0.05, 0) is 93.1 Å². The Morgan fingerprint density at radius 1 is 0.600 bits per heavy atom. The van der Waals surface area contributed by atoms with Crippen LogP contribution in [0.2, 0.25) is 0 Å². The van der Waals surface area contributed by atoms with Gasteiger partial charge in [-0.3, -0.25) is 0 Å².